The fourth-order valence-electron chi connectivity index (χ4n) is 1.38. The zero-order valence-electron chi connectivity index (χ0n) is 8.23. The van der Waals surface area contributed by atoms with E-state index in [0.717, 1.165) is 6.39 Å². The lowest BCUT2D eigenvalue weighted by Gasteiger charge is -2.06. The topological polar surface area (TPSA) is 38.9 Å². The van der Waals surface area contributed by atoms with Gasteiger partial charge in [0.05, 0.1) is 0 Å². The summed E-state index contributed by atoms with van der Waals surface area (Å²) in [6.07, 6.45) is 0.0196. The molecule has 1 aromatic carbocycles. The van der Waals surface area contributed by atoms with Crippen LogP contribution in [0.5, 0.6) is 0 Å². The van der Waals surface area contributed by atoms with E-state index in [-0.39, 0.29) is 17.0 Å². The standard InChI is InChI=1S/C11H8F2N2O/c1-2-7-3-4-8(9(5-7)10(12)13)11-14-6-16-15-11/h2-6,10H,1H2. The third-order valence-electron chi connectivity index (χ3n) is 2.15. The second-order valence-electron chi connectivity index (χ2n) is 3.11. The first-order chi connectivity index (χ1) is 7.72. The van der Waals surface area contributed by atoms with Gasteiger partial charge in [-0.05, 0) is 17.7 Å². The minimum absolute atomic E-state index is 0.126. The Morgan fingerprint density at radius 1 is 1.38 bits per heavy atom. The Balaban J connectivity index is 2.57. The van der Waals surface area contributed by atoms with E-state index >= 15 is 0 Å². The molecule has 0 saturated heterocycles. The van der Waals surface area contributed by atoms with Gasteiger partial charge in [-0.25, -0.2) is 8.78 Å². The smallest absolute Gasteiger partial charge is 0.264 e. The molecule has 2 rings (SSSR count). The van der Waals surface area contributed by atoms with E-state index in [1.54, 1.807) is 6.07 Å². The summed E-state index contributed by atoms with van der Waals surface area (Å²) in [7, 11) is 0. The summed E-state index contributed by atoms with van der Waals surface area (Å²) < 4.78 is 30.2. The molecule has 0 aliphatic heterocycles. The average Bonchev–Trinajstić information content (AvgIpc) is 2.81. The third kappa shape index (κ3) is 1.84. The summed E-state index contributed by atoms with van der Waals surface area (Å²) in [5.41, 5.74) is 0.774. The van der Waals surface area contributed by atoms with E-state index in [1.165, 1.54) is 18.2 Å². The van der Waals surface area contributed by atoms with Crippen molar-refractivity contribution in [2.24, 2.45) is 0 Å². The van der Waals surface area contributed by atoms with Crippen molar-refractivity contribution in [1.29, 1.82) is 0 Å². The Hall–Kier alpha value is -2.04. The number of hydrogen-bond acceptors (Lipinski definition) is 3. The molecule has 0 spiro atoms. The van der Waals surface area contributed by atoms with Crippen molar-refractivity contribution in [3.8, 4) is 11.4 Å². The predicted molar refractivity (Wildman–Crippen MR) is 54.8 cm³/mol. The summed E-state index contributed by atoms with van der Waals surface area (Å²) in [6, 6.07) is 4.57. The van der Waals surface area contributed by atoms with Crippen LogP contribution in [0.2, 0.25) is 0 Å². The van der Waals surface area contributed by atoms with E-state index in [1.807, 2.05) is 0 Å². The highest BCUT2D eigenvalue weighted by molar-refractivity contribution is 5.64. The first-order valence-corrected chi connectivity index (χ1v) is 4.53. The van der Waals surface area contributed by atoms with Crippen LogP contribution in [0.4, 0.5) is 8.78 Å². The fraction of sp³-hybridized carbons (Fsp3) is 0.0909. The second kappa shape index (κ2) is 4.22. The molecule has 0 fully saturated rings. The molecule has 0 aliphatic carbocycles. The van der Waals surface area contributed by atoms with Gasteiger partial charge in [-0.2, -0.15) is 4.98 Å². The average molecular weight is 222 g/mol. The van der Waals surface area contributed by atoms with Crippen LogP contribution >= 0.6 is 0 Å². The van der Waals surface area contributed by atoms with Gasteiger partial charge in [0.15, 0.2) is 0 Å². The number of alkyl halides is 2. The maximum absolute atomic E-state index is 12.8. The lowest BCUT2D eigenvalue weighted by molar-refractivity contribution is 0.152. The van der Waals surface area contributed by atoms with E-state index < -0.39 is 6.43 Å². The Kier molecular flexibility index (Phi) is 2.76. The van der Waals surface area contributed by atoms with Crippen molar-refractivity contribution in [3.63, 3.8) is 0 Å². The normalized spacial score (nSPS) is 10.7. The monoisotopic (exact) mass is 222 g/mol. The van der Waals surface area contributed by atoms with E-state index in [0.29, 0.717) is 5.56 Å². The van der Waals surface area contributed by atoms with Crippen LogP contribution in [0, 0.1) is 0 Å². The number of nitrogens with zero attached hydrogens (tertiary/aromatic N) is 2. The molecule has 0 aliphatic rings. The second-order valence-corrected chi connectivity index (χ2v) is 3.11. The van der Waals surface area contributed by atoms with Crippen LogP contribution in [-0.4, -0.2) is 10.1 Å². The van der Waals surface area contributed by atoms with Crippen LogP contribution in [0.1, 0.15) is 17.6 Å². The fourth-order valence-corrected chi connectivity index (χ4v) is 1.38. The van der Waals surface area contributed by atoms with Gasteiger partial charge in [0, 0.05) is 11.1 Å². The van der Waals surface area contributed by atoms with E-state index in [2.05, 4.69) is 21.2 Å². The maximum atomic E-state index is 12.8. The molecule has 0 radical (unpaired) electrons. The number of hydrogen-bond donors (Lipinski definition) is 0. The van der Waals surface area contributed by atoms with Gasteiger partial charge in [0.25, 0.3) is 6.43 Å². The highest BCUT2D eigenvalue weighted by Gasteiger charge is 2.17. The molecule has 0 amide bonds. The Morgan fingerprint density at radius 2 is 2.19 bits per heavy atom. The first kappa shape index (κ1) is 10.5. The molecule has 82 valence electrons. The summed E-state index contributed by atoms with van der Waals surface area (Å²) >= 11 is 0. The minimum atomic E-state index is -2.59. The molecular weight excluding hydrogens is 214 g/mol. The van der Waals surface area contributed by atoms with Gasteiger partial charge in [0.2, 0.25) is 12.2 Å². The zero-order valence-corrected chi connectivity index (χ0v) is 8.23. The number of aromatic nitrogens is 2. The van der Waals surface area contributed by atoms with Crippen molar-refractivity contribution in [1.82, 2.24) is 10.1 Å². The van der Waals surface area contributed by atoms with Crippen molar-refractivity contribution in [2.45, 2.75) is 6.43 Å². The highest BCUT2D eigenvalue weighted by Crippen LogP contribution is 2.30. The van der Waals surface area contributed by atoms with Crippen molar-refractivity contribution in [2.75, 3.05) is 0 Å². The van der Waals surface area contributed by atoms with Gasteiger partial charge in [-0.1, -0.05) is 23.9 Å². The maximum Gasteiger partial charge on any atom is 0.264 e. The van der Waals surface area contributed by atoms with Gasteiger partial charge in [0.1, 0.15) is 0 Å². The van der Waals surface area contributed by atoms with E-state index in [9.17, 15) is 8.78 Å². The summed E-state index contributed by atoms with van der Waals surface area (Å²) in [6.45, 7) is 3.53. The summed E-state index contributed by atoms with van der Waals surface area (Å²) in [4.78, 5) is 3.75. The summed E-state index contributed by atoms with van der Waals surface area (Å²) in [5, 5.41) is 3.54. The van der Waals surface area contributed by atoms with Gasteiger partial charge < -0.3 is 4.52 Å². The SMILES string of the molecule is C=Cc1ccc(-c2ncon2)c(C(F)F)c1. The summed E-state index contributed by atoms with van der Waals surface area (Å²) in [5.74, 6) is 0.158. The third-order valence-corrected chi connectivity index (χ3v) is 2.15. The molecule has 0 bridgehead atoms. The van der Waals surface area contributed by atoms with Crippen LogP contribution in [-0.2, 0) is 0 Å². The van der Waals surface area contributed by atoms with Crippen LogP contribution in [0.15, 0.2) is 35.7 Å². The van der Waals surface area contributed by atoms with Crippen LogP contribution < -0.4 is 0 Å². The Labute approximate surface area is 90.4 Å². The molecule has 1 aromatic heterocycles. The molecule has 3 nitrogen and oxygen atoms in total. The number of benzene rings is 1. The largest absolute Gasteiger partial charge is 0.342 e. The molecular formula is C11H8F2N2O. The van der Waals surface area contributed by atoms with Crippen LogP contribution in [0.3, 0.4) is 0 Å². The van der Waals surface area contributed by atoms with Gasteiger partial charge in [-0.15, -0.1) is 0 Å². The quantitative estimate of drug-likeness (QED) is 0.799. The van der Waals surface area contributed by atoms with Gasteiger partial charge >= 0.3 is 0 Å². The Bertz CT molecular complexity index is 495. The van der Waals surface area contributed by atoms with Gasteiger partial charge in [-0.3, -0.25) is 0 Å². The number of halogens is 2. The molecule has 16 heavy (non-hydrogen) atoms. The molecule has 0 atom stereocenters. The lowest BCUT2D eigenvalue weighted by atomic mass is 10.0. The Morgan fingerprint density at radius 3 is 2.75 bits per heavy atom. The van der Waals surface area contributed by atoms with Crippen molar-refractivity contribution >= 4 is 6.08 Å². The molecule has 2 aromatic rings. The lowest BCUT2D eigenvalue weighted by Crippen LogP contribution is -1.92. The molecule has 5 heteroatoms. The predicted octanol–water partition coefficient (Wildman–Crippen LogP) is 3.32. The van der Waals surface area contributed by atoms with Crippen molar-refractivity contribution < 1.29 is 13.3 Å². The number of rotatable bonds is 3. The van der Waals surface area contributed by atoms with E-state index in [4.69, 9.17) is 0 Å². The minimum Gasteiger partial charge on any atom is -0.342 e. The molecule has 0 saturated carbocycles. The molecule has 0 unspecified atom stereocenters. The first-order valence-electron chi connectivity index (χ1n) is 4.53. The van der Waals surface area contributed by atoms with Crippen molar-refractivity contribution in [3.05, 3.63) is 42.3 Å². The molecule has 1 heterocycles. The highest BCUT2D eigenvalue weighted by atomic mass is 19.3. The van der Waals surface area contributed by atoms with Crippen LogP contribution in [0.25, 0.3) is 17.5 Å². The zero-order chi connectivity index (χ0) is 11.5. The molecule has 0 N–H and O–H groups in total.